The van der Waals surface area contributed by atoms with Crippen LogP contribution in [0.4, 0.5) is 0 Å². The van der Waals surface area contributed by atoms with Crippen molar-refractivity contribution in [1.82, 2.24) is 4.90 Å². The zero-order chi connectivity index (χ0) is 12.5. The Hall–Kier alpha value is -0.0800. The van der Waals surface area contributed by atoms with Gasteiger partial charge in [-0.25, -0.2) is 0 Å². The third kappa shape index (κ3) is 3.45. The van der Waals surface area contributed by atoms with Gasteiger partial charge in [-0.15, -0.1) is 0 Å². The normalized spacial score (nSPS) is 39.2. The number of likely N-dealkylation sites (tertiary alicyclic amines) is 1. The van der Waals surface area contributed by atoms with Crippen LogP contribution in [0.3, 0.4) is 0 Å². The van der Waals surface area contributed by atoms with Crippen molar-refractivity contribution in [2.45, 2.75) is 58.9 Å². The van der Waals surface area contributed by atoms with E-state index in [9.17, 15) is 5.11 Å². The lowest BCUT2D eigenvalue weighted by atomic mass is 9.70. The first-order valence-corrected chi connectivity index (χ1v) is 7.35. The van der Waals surface area contributed by atoms with Gasteiger partial charge in [0, 0.05) is 19.2 Å². The van der Waals surface area contributed by atoms with Gasteiger partial charge in [-0.05, 0) is 55.9 Å². The Morgan fingerprint density at radius 3 is 2.71 bits per heavy atom. The Balaban J connectivity index is 1.96. The number of aliphatic hydroxyl groups excluding tert-OH is 1. The Morgan fingerprint density at radius 2 is 2.06 bits per heavy atom. The molecule has 1 N–H and O–H groups in total. The molecule has 0 unspecified atom stereocenters. The molecule has 2 fully saturated rings. The van der Waals surface area contributed by atoms with Crippen molar-refractivity contribution in [3.63, 3.8) is 0 Å². The highest BCUT2D eigenvalue weighted by Crippen LogP contribution is 2.41. The van der Waals surface area contributed by atoms with Crippen molar-refractivity contribution in [2.24, 2.45) is 17.3 Å². The van der Waals surface area contributed by atoms with E-state index in [0.717, 1.165) is 18.5 Å². The van der Waals surface area contributed by atoms with Gasteiger partial charge in [0.15, 0.2) is 0 Å². The van der Waals surface area contributed by atoms with Gasteiger partial charge in [0.2, 0.25) is 0 Å². The molecule has 0 aromatic rings. The number of hydrogen-bond acceptors (Lipinski definition) is 2. The highest BCUT2D eigenvalue weighted by molar-refractivity contribution is 4.89. The molecule has 17 heavy (non-hydrogen) atoms. The van der Waals surface area contributed by atoms with Gasteiger partial charge in [-0.1, -0.05) is 20.8 Å². The van der Waals surface area contributed by atoms with Gasteiger partial charge >= 0.3 is 0 Å². The monoisotopic (exact) mass is 239 g/mol. The first kappa shape index (κ1) is 13.4. The third-order valence-corrected chi connectivity index (χ3v) is 4.69. The largest absolute Gasteiger partial charge is 0.396 e. The molecule has 0 bridgehead atoms. The zero-order valence-electron chi connectivity index (χ0n) is 11.8. The number of hydrogen-bond donors (Lipinski definition) is 1. The fourth-order valence-corrected chi connectivity index (χ4v) is 4.15. The van der Waals surface area contributed by atoms with Crippen LogP contribution in [0, 0.1) is 17.3 Å². The van der Waals surface area contributed by atoms with E-state index in [1.165, 1.54) is 38.6 Å². The molecular weight excluding hydrogens is 210 g/mol. The van der Waals surface area contributed by atoms with Crippen LogP contribution >= 0.6 is 0 Å². The predicted molar refractivity (Wildman–Crippen MR) is 72.0 cm³/mol. The number of rotatable bonds is 2. The summed E-state index contributed by atoms with van der Waals surface area (Å²) in [6.45, 7) is 10.0. The van der Waals surface area contributed by atoms with Crippen LogP contribution in [0.1, 0.15) is 52.9 Å². The second-order valence-electron chi connectivity index (χ2n) is 7.25. The topological polar surface area (TPSA) is 23.5 Å². The molecule has 0 radical (unpaired) electrons. The highest BCUT2D eigenvalue weighted by Gasteiger charge is 2.36. The summed E-state index contributed by atoms with van der Waals surface area (Å²) in [7, 11) is 0. The molecule has 1 aliphatic carbocycles. The zero-order valence-corrected chi connectivity index (χ0v) is 11.8. The van der Waals surface area contributed by atoms with Gasteiger partial charge in [0.25, 0.3) is 0 Å². The van der Waals surface area contributed by atoms with E-state index in [1.54, 1.807) is 0 Å². The Kier molecular flexibility index (Phi) is 4.14. The molecule has 3 atom stereocenters. The molecule has 1 saturated heterocycles. The summed E-state index contributed by atoms with van der Waals surface area (Å²) in [4.78, 5) is 2.67. The predicted octanol–water partition coefficient (Wildman–Crippen LogP) is 2.91. The number of nitrogens with zero attached hydrogens (tertiary/aromatic N) is 1. The second-order valence-corrected chi connectivity index (χ2v) is 7.25. The number of aliphatic hydroxyl groups is 1. The average Bonchev–Trinajstić information content (AvgIpc) is 2.26. The lowest BCUT2D eigenvalue weighted by Crippen LogP contribution is -2.48. The maximum absolute atomic E-state index is 9.34. The van der Waals surface area contributed by atoms with E-state index in [1.807, 2.05) is 0 Å². The second kappa shape index (κ2) is 5.27. The van der Waals surface area contributed by atoms with Crippen molar-refractivity contribution in [2.75, 3.05) is 19.7 Å². The van der Waals surface area contributed by atoms with Gasteiger partial charge in [-0.3, -0.25) is 4.90 Å². The van der Waals surface area contributed by atoms with Crippen molar-refractivity contribution < 1.29 is 5.11 Å². The smallest absolute Gasteiger partial charge is 0.0471 e. The highest BCUT2D eigenvalue weighted by atomic mass is 16.3. The molecule has 100 valence electrons. The molecule has 1 heterocycles. The van der Waals surface area contributed by atoms with Crippen LogP contribution in [0.5, 0.6) is 0 Å². The van der Waals surface area contributed by atoms with Gasteiger partial charge in [-0.2, -0.15) is 0 Å². The Labute approximate surface area is 106 Å². The van der Waals surface area contributed by atoms with Crippen molar-refractivity contribution in [3.05, 3.63) is 0 Å². The molecule has 2 rings (SSSR count). The molecule has 0 spiro atoms. The minimum absolute atomic E-state index is 0.377. The Morgan fingerprint density at radius 1 is 1.29 bits per heavy atom. The first-order valence-electron chi connectivity index (χ1n) is 7.35. The third-order valence-electron chi connectivity index (χ3n) is 4.69. The van der Waals surface area contributed by atoms with Crippen LogP contribution in [0.25, 0.3) is 0 Å². The van der Waals surface area contributed by atoms with E-state index in [0.29, 0.717) is 17.9 Å². The average molecular weight is 239 g/mol. The molecule has 0 aromatic carbocycles. The molecule has 1 aliphatic heterocycles. The van der Waals surface area contributed by atoms with Crippen LogP contribution < -0.4 is 0 Å². The van der Waals surface area contributed by atoms with E-state index in [-0.39, 0.29) is 0 Å². The van der Waals surface area contributed by atoms with Gasteiger partial charge in [0.1, 0.15) is 0 Å². The van der Waals surface area contributed by atoms with Crippen molar-refractivity contribution in [1.29, 1.82) is 0 Å². The standard InChI is InChI=1S/C15H29NO/c1-12-7-14(9-15(2,3)8-12)16-6-4-5-13(10-16)11-17/h12-14,17H,4-11H2,1-3H3/t12-,13-,14+/m1/s1. The fourth-order valence-electron chi connectivity index (χ4n) is 4.15. The minimum Gasteiger partial charge on any atom is -0.396 e. The van der Waals surface area contributed by atoms with E-state index < -0.39 is 0 Å². The van der Waals surface area contributed by atoms with E-state index in [2.05, 4.69) is 25.7 Å². The van der Waals surface area contributed by atoms with E-state index >= 15 is 0 Å². The summed E-state index contributed by atoms with van der Waals surface area (Å²) in [5.74, 6) is 1.39. The van der Waals surface area contributed by atoms with Crippen LogP contribution in [-0.4, -0.2) is 35.7 Å². The molecule has 2 aliphatic rings. The lowest BCUT2D eigenvalue weighted by Gasteiger charge is -2.46. The summed E-state index contributed by atoms with van der Waals surface area (Å²) >= 11 is 0. The van der Waals surface area contributed by atoms with E-state index in [4.69, 9.17) is 0 Å². The maximum Gasteiger partial charge on any atom is 0.0471 e. The maximum atomic E-state index is 9.34. The Bertz CT molecular complexity index is 251. The first-order chi connectivity index (χ1) is 8.00. The SMILES string of the molecule is C[C@@H]1C[C@H](N2CCC[C@@H](CO)C2)CC(C)(C)C1. The molecule has 2 heteroatoms. The van der Waals surface area contributed by atoms with Gasteiger partial charge < -0.3 is 5.11 Å². The molecular formula is C15H29NO. The summed E-state index contributed by atoms with van der Waals surface area (Å²) in [6, 6.07) is 0.767. The molecule has 1 saturated carbocycles. The quantitative estimate of drug-likeness (QED) is 0.801. The molecule has 2 nitrogen and oxygen atoms in total. The van der Waals surface area contributed by atoms with Crippen LogP contribution in [0.2, 0.25) is 0 Å². The minimum atomic E-state index is 0.377. The summed E-state index contributed by atoms with van der Waals surface area (Å²) in [5, 5.41) is 9.34. The summed E-state index contributed by atoms with van der Waals surface area (Å²) < 4.78 is 0. The fraction of sp³-hybridized carbons (Fsp3) is 1.00. The van der Waals surface area contributed by atoms with Crippen molar-refractivity contribution in [3.8, 4) is 0 Å². The van der Waals surface area contributed by atoms with Crippen LogP contribution in [-0.2, 0) is 0 Å². The van der Waals surface area contributed by atoms with Crippen molar-refractivity contribution >= 4 is 0 Å². The lowest BCUT2D eigenvalue weighted by molar-refractivity contribution is 0.0281. The molecule has 0 aromatic heterocycles. The van der Waals surface area contributed by atoms with Gasteiger partial charge in [0.05, 0.1) is 0 Å². The molecule has 0 amide bonds. The van der Waals surface area contributed by atoms with Crippen LogP contribution in [0.15, 0.2) is 0 Å². The number of piperidine rings is 1. The summed E-state index contributed by atoms with van der Waals surface area (Å²) in [6.07, 6.45) is 6.58. The summed E-state index contributed by atoms with van der Waals surface area (Å²) in [5.41, 5.74) is 0.508.